The fraction of sp³-hybridized carbons (Fsp3) is 0.150. The minimum atomic E-state index is -0.229. The van der Waals surface area contributed by atoms with E-state index in [1.807, 2.05) is 68.4 Å². The lowest BCUT2D eigenvalue weighted by atomic mass is 10.1. The first kappa shape index (κ1) is 16.8. The summed E-state index contributed by atoms with van der Waals surface area (Å²) in [7, 11) is 4.00. The molecule has 4 rings (SSSR count). The summed E-state index contributed by atoms with van der Waals surface area (Å²) < 4.78 is 1.66. The summed E-state index contributed by atoms with van der Waals surface area (Å²) in [6.07, 6.45) is 1.54. The van der Waals surface area contributed by atoms with Crippen molar-refractivity contribution in [1.82, 2.24) is 19.7 Å². The average molecular weight is 360 g/mol. The van der Waals surface area contributed by atoms with Crippen molar-refractivity contribution in [3.05, 3.63) is 70.6 Å². The number of hydrogen-bond donors (Lipinski definition) is 2. The van der Waals surface area contributed by atoms with Crippen LogP contribution in [0.3, 0.4) is 0 Å². The van der Waals surface area contributed by atoms with Crippen LogP contribution >= 0.6 is 0 Å². The Morgan fingerprint density at radius 2 is 1.89 bits per heavy atom. The predicted molar refractivity (Wildman–Crippen MR) is 108 cm³/mol. The molecule has 0 spiro atoms. The average Bonchev–Trinajstić information content (AvgIpc) is 3.08. The molecule has 0 amide bonds. The molecule has 0 saturated heterocycles. The zero-order chi connectivity index (χ0) is 19.0. The molecule has 0 fully saturated rings. The monoisotopic (exact) mass is 360 g/mol. The number of hydrogen-bond acceptors (Lipinski definition) is 5. The van der Waals surface area contributed by atoms with Crippen LogP contribution in [-0.4, -0.2) is 33.8 Å². The Balaban J connectivity index is 1.76. The van der Waals surface area contributed by atoms with Gasteiger partial charge >= 0.3 is 0 Å². The van der Waals surface area contributed by atoms with Gasteiger partial charge in [-0.1, -0.05) is 18.2 Å². The lowest BCUT2D eigenvalue weighted by Gasteiger charge is -2.15. The lowest BCUT2D eigenvalue weighted by molar-refractivity contribution is 0.895. The van der Waals surface area contributed by atoms with Crippen molar-refractivity contribution in [2.24, 2.45) is 0 Å². The number of nitrogens with zero attached hydrogens (tertiary/aromatic N) is 4. The Morgan fingerprint density at radius 1 is 1.11 bits per heavy atom. The lowest BCUT2D eigenvalue weighted by Crippen LogP contribution is -2.12. The van der Waals surface area contributed by atoms with Crippen LogP contribution in [0.5, 0.6) is 0 Å². The number of aromatic nitrogens is 4. The molecule has 0 aliphatic rings. The van der Waals surface area contributed by atoms with Gasteiger partial charge in [0.15, 0.2) is 5.65 Å². The fourth-order valence-corrected chi connectivity index (χ4v) is 2.93. The Kier molecular flexibility index (Phi) is 4.12. The SMILES string of the molecule is Cc1cc(N(C)C)ccc1Nc1nc2c(cnn2-c2ccccc2)c(=O)[nH]1. The number of para-hydroxylation sites is 1. The maximum absolute atomic E-state index is 12.5. The van der Waals surface area contributed by atoms with Gasteiger partial charge < -0.3 is 10.2 Å². The summed E-state index contributed by atoms with van der Waals surface area (Å²) in [6.45, 7) is 2.01. The smallest absolute Gasteiger partial charge is 0.263 e. The van der Waals surface area contributed by atoms with Gasteiger partial charge in [0.05, 0.1) is 11.9 Å². The van der Waals surface area contributed by atoms with E-state index < -0.39 is 0 Å². The predicted octanol–water partition coefficient (Wildman–Crippen LogP) is 3.23. The van der Waals surface area contributed by atoms with Crippen LogP contribution in [0.15, 0.2) is 59.5 Å². The number of anilines is 3. The van der Waals surface area contributed by atoms with Crippen molar-refractivity contribution in [3.63, 3.8) is 0 Å². The molecule has 0 saturated carbocycles. The van der Waals surface area contributed by atoms with E-state index >= 15 is 0 Å². The molecule has 0 atom stereocenters. The van der Waals surface area contributed by atoms with Crippen molar-refractivity contribution >= 4 is 28.4 Å². The van der Waals surface area contributed by atoms with Gasteiger partial charge in [-0.3, -0.25) is 9.78 Å². The third kappa shape index (κ3) is 3.15. The highest BCUT2D eigenvalue weighted by molar-refractivity contribution is 5.77. The van der Waals surface area contributed by atoms with Gasteiger partial charge in [-0.25, -0.2) is 4.68 Å². The highest BCUT2D eigenvalue weighted by Crippen LogP contribution is 2.24. The Bertz CT molecular complexity index is 1160. The molecule has 2 N–H and O–H groups in total. The summed E-state index contributed by atoms with van der Waals surface area (Å²) in [6, 6.07) is 15.7. The summed E-state index contributed by atoms with van der Waals surface area (Å²) in [5, 5.41) is 7.99. The minimum Gasteiger partial charge on any atom is -0.378 e. The van der Waals surface area contributed by atoms with Crippen molar-refractivity contribution in [1.29, 1.82) is 0 Å². The zero-order valence-electron chi connectivity index (χ0n) is 15.4. The Labute approximate surface area is 156 Å². The topological polar surface area (TPSA) is 78.8 Å². The van der Waals surface area contributed by atoms with E-state index in [0.29, 0.717) is 17.0 Å². The molecule has 0 unspecified atom stereocenters. The molecule has 0 aliphatic heterocycles. The van der Waals surface area contributed by atoms with Gasteiger partial charge in [-0.05, 0) is 42.8 Å². The van der Waals surface area contributed by atoms with Gasteiger partial charge in [-0.15, -0.1) is 0 Å². The van der Waals surface area contributed by atoms with E-state index in [9.17, 15) is 4.79 Å². The second-order valence-electron chi connectivity index (χ2n) is 6.56. The zero-order valence-corrected chi connectivity index (χ0v) is 15.4. The van der Waals surface area contributed by atoms with Crippen LogP contribution in [0.25, 0.3) is 16.7 Å². The molecular weight excluding hydrogens is 340 g/mol. The maximum Gasteiger partial charge on any atom is 0.263 e. The first-order valence-corrected chi connectivity index (χ1v) is 8.61. The van der Waals surface area contributed by atoms with E-state index in [1.165, 1.54) is 6.20 Å². The highest BCUT2D eigenvalue weighted by atomic mass is 16.1. The van der Waals surface area contributed by atoms with E-state index in [4.69, 9.17) is 0 Å². The summed E-state index contributed by atoms with van der Waals surface area (Å²) in [5.41, 5.74) is 4.18. The van der Waals surface area contributed by atoms with E-state index in [-0.39, 0.29) is 5.56 Å². The number of rotatable bonds is 4. The molecule has 2 heterocycles. The van der Waals surface area contributed by atoms with Crippen molar-refractivity contribution in [2.75, 3.05) is 24.3 Å². The van der Waals surface area contributed by atoms with Crippen LogP contribution in [-0.2, 0) is 0 Å². The second-order valence-corrected chi connectivity index (χ2v) is 6.56. The molecule has 2 aromatic carbocycles. The molecule has 136 valence electrons. The normalized spacial score (nSPS) is 10.9. The van der Waals surface area contributed by atoms with Crippen molar-refractivity contribution in [3.8, 4) is 5.69 Å². The third-order valence-electron chi connectivity index (χ3n) is 4.42. The van der Waals surface area contributed by atoms with Crippen LogP contribution in [0.1, 0.15) is 5.56 Å². The first-order chi connectivity index (χ1) is 13.0. The molecule has 4 aromatic rings. The molecular formula is C20H20N6O. The number of aromatic amines is 1. The molecule has 2 aromatic heterocycles. The van der Waals surface area contributed by atoms with Crippen LogP contribution in [0.2, 0.25) is 0 Å². The third-order valence-corrected chi connectivity index (χ3v) is 4.42. The number of nitrogens with one attached hydrogen (secondary N) is 2. The van der Waals surface area contributed by atoms with Crippen LogP contribution in [0.4, 0.5) is 17.3 Å². The largest absolute Gasteiger partial charge is 0.378 e. The molecule has 7 heteroatoms. The quantitative estimate of drug-likeness (QED) is 0.584. The number of benzene rings is 2. The fourth-order valence-electron chi connectivity index (χ4n) is 2.93. The van der Waals surface area contributed by atoms with E-state index in [2.05, 4.69) is 26.4 Å². The number of aryl methyl sites for hydroxylation is 1. The van der Waals surface area contributed by atoms with Gasteiger partial charge in [-0.2, -0.15) is 10.1 Å². The van der Waals surface area contributed by atoms with Gasteiger partial charge in [0, 0.05) is 25.5 Å². The summed E-state index contributed by atoms with van der Waals surface area (Å²) in [5.74, 6) is 0.380. The van der Waals surface area contributed by atoms with Crippen molar-refractivity contribution in [2.45, 2.75) is 6.92 Å². The van der Waals surface area contributed by atoms with E-state index in [1.54, 1.807) is 4.68 Å². The van der Waals surface area contributed by atoms with E-state index in [0.717, 1.165) is 22.6 Å². The molecule has 0 bridgehead atoms. The van der Waals surface area contributed by atoms with Gasteiger partial charge in [0.25, 0.3) is 5.56 Å². The minimum absolute atomic E-state index is 0.229. The first-order valence-electron chi connectivity index (χ1n) is 8.61. The van der Waals surface area contributed by atoms with Crippen LogP contribution in [0, 0.1) is 6.92 Å². The Morgan fingerprint density at radius 3 is 2.59 bits per heavy atom. The Hall–Kier alpha value is -3.61. The molecule has 0 aliphatic carbocycles. The summed E-state index contributed by atoms with van der Waals surface area (Å²) in [4.78, 5) is 21.9. The highest BCUT2D eigenvalue weighted by Gasteiger charge is 2.12. The standard InChI is InChI=1S/C20H20N6O/c1-13-11-15(25(2)3)9-10-17(13)22-20-23-18-16(19(27)24-20)12-21-26(18)14-7-5-4-6-8-14/h4-12H,1-3H3,(H2,22,23,24,27). The molecule has 27 heavy (non-hydrogen) atoms. The molecule has 0 radical (unpaired) electrons. The second kappa shape index (κ2) is 6.60. The maximum atomic E-state index is 12.5. The van der Waals surface area contributed by atoms with Crippen LogP contribution < -0.4 is 15.8 Å². The van der Waals surface area contributed by atoms with Crippen molar-refractivity contribution < 1.29 is 0 Å². The van der Waals surface area contributed by atoms with Gasteiger partial charge in [0.2, 0.25) is 5.95 Å². The summed E-state index contributed by atoms with van der Waals surface area (Å²) >= 11 is 0. The van der Waals surface area contributed by atoms with Gasteiger partial charge in [0.1, 0.15) is 5.39 Å². The number of fused-ring (bicyclic) bond motifs is 1. The molecule has 7 nitrogen and oxygen atoms in total. The number of H-pyrrole nitrogens is 1.